The van der Waals surface area contributed by atoms with Gasteiger partial charge in [-0.3, -0.25) is 5.32 Å². The van der Waals surface area contributed by atoms with E-state index in [9.17, 15) is 13.2 Å². The molecular weight excluding hydrogens is 260 g/mol. The van der Waals surface area contributed by atoms with E-state index >= 15 is 0 Å². The molecule has 0 atom stereocenters. The molecule has 18 heavy (non-hydrogen) atoms. The molecule has 0 bridgehead atoms. The van der Waals surface area contributed by atoms with E-state index in [4.69, 9.17) is 4.52 Å². The molecule has 9 heteroatoms. The number of urea groups is 1. The summed E-state index contributed by atoms with van der Waals surface area (Å²) in [4.78, 5) is 13.3. The lowest BCUT2D eigenvalue weighted by Gasteiger charge is -2.32. The highest BCUT2D eigenvalue weighted by molar-refractivity contribution is 7.88. The van der Waals surface area contributed by atoms with Crippen molar-refractivity contribution in [3.8, 4) is 0 Å². The Balaban J connectivity index is 1.88. The minimum atomic E-state index is -3.18. The third kappa shape index (κ3) is 2.99. The van der Waals surface area contributed by atoms with Gasteiger partial charge in [-0.1, -0.05) is 5.16 Å². The van der Waals surface area contributed by atoms with Gasteiger partial charge in [-0.05, 0) is 0 Å². The first-order chi connectivity index (χ1) is 8.47. The number of piperazine rings is 1. The summed E-state index contributed by atoms with van der Waals surface area (Å²) in [5.41, 5.74) is 0. The average molecular weight is 274 g/mol. The zero-order valence-electron chi connectivity index (χ0n) is 9.87. The first-order valence-electron chi connectivity index (χ1n) is 5.38. The number of nitrogens with one attached hydrogen (secondary N) is 1. The van der Waals surface area contributed by atoms with Crippen molar-refractivity contribution in [2.75, 3.05) is 37.8 Å². The summed E-state index contributed by atoms with van der Waals surface area (Å²) < 4.78 is 28.7. The second kappa shape index (κ2) is 4.94. The maximum atomic E-state index is 11.8. The molecule has 0 unspecified atom stereocenters. The molecule has 0 spiro atoms. The summed E-state index contributed by atoms with van der Waals surface area (Å²) in [6, 6.07) is 1.21. The SMILES string of the molecule is CS(=O)(=O)N1CCN(C(=O)Nc2ccno2)CC1. The quantitative estimate of drug-likeness (QED) is 0.804. The number of anilines is 1. The molecule has 1 saturated heterocycles. The van der Waals surface area contributed by atoms with Crippen LogP contribution in [0.15, 0.2) is 16.8 Å². The third-order valence-electron chi connectivity index (χ3n) is 2.66. The average Bonchev–Trinajstić information content (AvgIpc) is 2.81. The topological polar surface area (TPSA) is 95.8 Å². The van der Waals surface area contributed by atoms with Crippen LogP contribution in [0.4, 0.5) is 10.7 Å². The highest BCUT2D eigenvalue weighted by atomic mass is 32.2. The maximum absolute atomic E-state index is 11.8. The van der Waals surface area contributed by atoms with E-state index < -0.39 is 10.0 Å². The first-order valence-corrected chi connectivity index (χ1v) is 7.23. The maximum Gasteiger partial charge on any atom is 0.324 e. The Morgan fingerprint density at radius 1 is 1.39 bits per heavy atom. The van der Waals surface area contributed by atoms with Gasteiger partial charge in [0.2, 0.25) is 15.9 Å². The fraction of sp³-hybridized carbons (Fsp3) is 0.556. The van der Waals surface area contributed by atoms with Gasteiger partial charge in [-0.25, -0.2) is 13.2 Å². The van der Waals surface area contributed by atoms with Gasteiger partial charge in [0.05, 0.1) is 12.5 Å². The van der Waals surface area contributed by atoms with Crippen molar-refractivity contribution in [2.24, 2.45) is 0 Å². The molecule has 1 N–H and O–H groups in total. The molecular formula is C9H14N4O4S. The van der Waals surface area contributed by atoms with Crippen LogP contribution < -0.4 is 5.32 Å². The lowest BCUT2D eigenvalue weighted by molar-refractivity contribution is 0.184. The van der Waals surface area contributed by atoms with Crippen LogP contribution in [0, 0.1) is 0 Å². The van der Waals surface area contributed by atoms with Gasteiger partial charge < -0.3 is 9.42 Å². The van der Waals surface area contributed by atoms with Gasteiger partial charge in [-0.2, -0.15) is 4.31 Å². The molecule has 0 saturated carbocycles. The van der Waals surface area contributed by atoms with Gasteiger partial charge >= 0.3 is 6.03 Å². The summed E-state index contributed by atoms with van der Waals surface area (Å²) in [5.74, 6) is 0.269. The number of carbonyl (C=O) groups is 1. The lowest BCUT2D eigenvalue weighted by Crippen LogP contribution is -2.51. The summed E-state index contributed by atoms with van der Waals surface area (Å²) in [5, 5.41) is 6.00. The molecule has 1 aliphatic rings. The lowest BCUT2D eigenvalue weighted by atomic mass is 10.4. The van der Waals surface area contributed by atoms with Crippen LogP contribution in [-0.2, 0) is 10.0 Å². The van der Waals surface area contributed by atoms with Crippen molar-refractivity contribution in [1.29, 1.82) is 0 Å². The molecule has 2 heterocycles. The van der Waals surface area contributed by atoms with Crippen LogP contribution in [0.3, 0.4) is 0 Å². The number of sulfonamides is 1. The minimum Gasteiger partial charge on any atom is -0.338 e. The highest BCUT2D eigenvalue weighted by Crippen LogP contribution is 2.09. The van der Waals surface area contributed by atoms with E-state index in [1.165, 1.54) is 21.5 Å². The minimum absolute atomic E-state index is 0.269. The Bertz CT molecular complexity index is 505. The van der Waals surface area contributed by atoms with Gasteiger partial charge in [-0.15, -0.1) is 0 Å². The third-order valence-corrected chi connectivity index (χ3v) is 3.97. The zero-order chi connectivity index (χ0) is 13.2. The van der Waals surface area contributed by atoms with Crippen LogP contribution >= 0.6 is 0 Å². The molecule has 1 aliphatic heterocycles. The predicted molar refractivity (Wildman–Crippen MR) is 63.5 cm³/mol. The number of hydrogen-bond acceptors (Lipinski definition) is 5. The molecule has 0 radical (unpaired) electrons. The summed E-state index contributed by atoms with van der Waals surface area (Å²) in [6.07, 6.45) is 2.59. The number of amides is 2. The van der Waals surface area contributed by atoms with Gasteiger partial charge in [0.25, 0.3) is 0 Å². The monoisotopic (exact) mass is 274 g/mol. The molecule has 0 aromatic carbocycles. The summed E-state index contributed by atoms with van der Waals surface area (Å²) in [6.45, 7) is 1.32. The molecule has 100 valence electrons. The Morgan fingerprint density at radius 3 is 2.56 bits per heavy atom. The van der Waals surface area contributed by atoms with E-state index in [1.807, 2.05) is 0 Å². The second-order valence-corrected chi connectivity index (χ2v) is 5.94. The van der Waals surface area contributed by atoms with Crippen molar-refractivity contribution in [2.45, 2.75) is 0 Å². The van der Waals surface area contributed by atoms with E-state index in [2.05, 4.69) is 10.5 Å². The molecule has 8 nitrogen and oxygen atoms in total. The van der Waals surface area contributed by atoms with Crippen LogP contribution in [0.5, 0.6) is 0 Å². The second-order valence-electron chi connectivity index (χ2n) is 3.96. The van der Waals surface area contributed by atoms with Crippen molar-refractivity contribution in [3.63, 3.8) is 0 Å². The van der Waals surface area contributed by atoms with Crippen molar-refractivity contribution in [1.82, 2.24) is 14.4 Å². The number of hydrogen-bond donors (Lipinski definition) is 1. The van der Waals surface area contributed by atoms with Gasteiger partial charge in [0.15, 0.2) is 0 Å². The van der Waals surface area contributed by atoms with Crippen LogP contribution in [-0.4, -0.2) is 61.2 Å². The van der Waals surface area contributed by atoms with E-state index in [-0.39, 0.29) is 11.9 Å². The fourth-order valence-electron chi connectivity index (χ4n) is 1.69. The van der Waals surface area contributed by atoms with Crippen LogP contribution in [0.25, 0.3) is 0 Å². The Morgan fingerprint density at radius 2 is 2.06 bits per heavy atom. The largest absolute Gasteiger partial charge is 0.338 e. The van der Waals surface area contributed by atoms with Crippen LogP contribution in [0.1, 0.15) is 0 Å². The molecule has 1 fully saturated rings. The first kappa shape index (κ1) is 12.8. The molecule has 2 rings (SSSR count). The van der Waals surface area contributed by atoms with E-state index in [1.54, 1.807) is 0 Å². The molecule has 1 aromatic heterocycles. The molecule has 0 aliphatic carbocycles. The van der Waals surface area contributed by atoms with Crippen LogP contribution in [0.2, 0.25) is 0 Å². The summed E-state index contributed by atoms with van der Waals surface area (Å²) in [7, 11) is -3.18. The molecule has 1 aromatic rings. The predicted octanol–water partition coefficient (Wildman–Crippen LogP) is -0.216. The van der Waals surface area contributed by atoms with Gasteiger partial charge in [0.1, 0.15) is 0 Å². The van der Waals surface area contributed by atoms with E-state index in [0.717, 1.165) is 6.26 Å². The number of nitrogens with zero attached hydrogens (tertiary/aromatic N) is 3. The Kier molecular flexibility index (Phi) is 3.53. The summed E-state index contributed by atoms with van der Waals surface area (Å²) >= 11 is 0. The normalized spacial score (nSPS) is 17.7. The number of aromatic nitrogens is 1. The smallest absolute Gasteiger partial charge is 0.324 e. The van der Waals surface area contributed by atoms with E-state index in [0.29, 0.717) is 26.2 Å². The van der Waals surface area contributed by atoms with Crippen molar-refractivity contribution < 1.29 is 17.7 Å². The standard InChI is InChI=1S/C9H14N4O4S/c1-18(15,16)13-6-4-12(5-7-13)9(14)11-8-2-3-10-17-8/h2-3H,4-7H2,1H3,(H,11,14). The zero-order valence-corrected chi connectivity index (χ0v) is 10.7. The number of carbonyl (C=O) groups excluding carboxylic acids is 1. The Hall–Kier alpha value is -1.61. The number of rotatable bonds is 2. The fourth-order valence-corrected chi connectivity index (χ4v) is 2.51. The van der Waals surface area contributed by atoms with Gasteiger partial charge in [0, 0.05) is 32.2 Å². The molecule has 2 amide bonds. The highest BCUT2D eigenvalue weighted by Gasteiger charge is 2.26. The van der Waals surface area contributed by atoms with Crippen molar-refractivity contribution in [3.05, 3.63) is 12.3 Å². The Labute approximate surface area is 105 Å². The van der Waals surface area contributed by atoms with Crippen molar-refractivity contribution >= 4 is 21.9 Å².